The molecule has 2 N–H and O–H groups in total. The van der Waals surface area contributed by atoms with Crippen LogP contribution in [-0.4, -0.2) is 34.8 Å². The van der Waals surface area contributed by atoms with Gasteiger partial charge in [-0.25, -0.2) is 9.48 Å². The van der Waals surface area contributed by atoms with E-state index >= 15 is 0 Å². The SMILES string of the molecule is Cc1cc(C)cc(-n2ncc3c2CCCC3NC(=O)Cc2ccc(N3CCNC3=O)cc2)c1. The molecule has 1 fully saturated rings. The lowest BCUT2D eigenvalue weighted by atomic mass is 9.92. The predicted molar refractivity (Wildman–Crippen MR) is 128 cm³/mol. The van der Waals surface area contributed by atoms with E-state index in [-0.39, 0.29) is 18.0 Å². The Bertz CT molecular complexity index is 1180. The normalized spacial score (nSPS) is 17.6. The molecule has 170 valence electrons. The van der Waals surface area contributed by atoms with Crippen molar-refractivity contribution in [3.63, 3.8) is 0 Å². The highest BCUT2D eigenvalue weighted by Gasteiger charge is 2.26. The molecule has 5 rings (SSSR count). The summed E-state index contributed by atoms with van der Waals surface area (Å²) in [5, 5.41) is 10.7. The average Bonchev–Trinajstić information content (AvgIpc) is 3.40. The average molecular weight is 444 g/mol. The van der Waals surface area contributed by atoms with E-state index < -0.39 is 0 Å². The van der Waals surface area contributed by atoms with Crippen LogP contribution in [0.1, 0.15) is 46.8 Å². The van der Waals surface area contributed by atoms with Crippen LogP contribution >= 0.6 is 0 Å². The lowest BCUT2D eigenvalue weighted by molar-refractivity contribution is -0.121. The molecule has 3 amide bonds. The molecule has 0 spiro atoms. The van der Waals surface area contributed by atoms with Crippen molar-refractivity contribution in [3.8, 4) is 5.69 Å². The summed E-state index contributed by atoms with van der Waals surface area (Å²) in [5.74, 6) is -0.00124. The Morgan fingerprint density at radius 2 is 1.88 bits per heavy atom. The number of anilines is 1. The van der Waals surface area contributed by atoms with Crippen molar-refractivity contribution in [1.82, 2.24) is 20.4 Å². The number of rotatable bonds is 5. The second kappa shape index (κ2) is 8.73. The highest BCUT2D eigenvalue weighted by Crippen LogP contribution is 2.31. The molecule has 33 heavy (non-hydrogen) atoms. The second-order valence-corrected chi connectivity index (χ2v) is 9.04. The van der Waals surface area contributed by atoms with Crippen molar-refractivity contribution in [3.05, 3.63) is 76.6 Å². The molecular formula is C26H29N5O2. The summed E-state index contributed by atoms with van der Waals surface area (Å²) in [6, 6.07) is 14.0. The molecule has 1 atom stereocenters. The van der Waals surface area contributed by atoms with Gasteiger partial charge in [-0.15, -0.1) is 0 Å². The first-order chi connectivity index (χ1) is 16.0. The van der Waals surface area contributed by atoms with Gasteiger partial charge in [0.1, 0.15) is 0 Å². The first kappa shape index (κ1) is 21.2. The lowest BCUT2D eigenvalue weighted by Gasteiger charge is -2.24. The fraction of sp³-hybridized carbons (Fsp3) is 0.346. The summed E-state index contributed by atoms with van der Waals surface area (Å²) in [4.78, 5) is 26.4. The fourth-order valence-corrected chi connectivity index (χ4v) is 4.94. The molecular weight excluding hydrogens is 414 g/mol. The number of amides is 3. The standard InChI is InChI=1S/C26H29N5O2/c1-17-12-18(2)14-21(13-17)31-24-5-3-4-23(22(24)16-28-31)29-25(32)15-19-6-8-20(9-7-19)30-11-10-27-26(30)33/h6-9,12-14,16,23H,3-5,10-11,15H2,1-2H3,(H,27,33)(H,29,32). The van der Waals surface area contributed by atoms with E-state index in [1.165, 1.54) is 16.8 Å². The van der Waals surface area contributed by atoms with Crippen molar-refractivity contribution >= 4 is 17.6 Å². The number of nitrogens with zero attached hydrogens (tertiary/aromatic N) is 3. The molecule has 0 bridgehead atoms. The molecule has 2 aliphatic rings. The Labute approximate surface area is 193 Å². The number of hydrogen-bond donors (Lipinski definition) is 2. The Kier molecular flexibility index (Phi) is 5.62. The topological polar surface area (TPSA) is 79.3 Å². The smallest absolute Gasteiger partial charge is 0.321 e. The molecule has 1 aromatic heterocycles. The van der Waals surface area contributed by atoms with Gasteiger partial charge in [0.15, 0.2) is 0 Å². The number of fused-ring (bicyclic) bond motifs is 1. The van der Waals surface area contributed by atoms with E-state index in [2.05, 4.69) is 47.8 Å². The summed E-state index contributed by atoms with van der Waals surface area (Å²) in [6.45, 7) is 5.52. The summed E-state index contributed by atoms with van der Waals surface area (Å²) >= 11 is 0. The minimum absolute atomic E-state index is 0.00124. The summed E-state index contributed by atoms with van der Waals surface area (Å²) in [6.07, 6.45) is 5.11. The van der Waals surface area contributed by atoms with Crippen molar-refractivity contribution in [2.24, 2.45) is 0 Å². The van der Waals surface area contributed by atoms with Crippen LogP contribution < -0.4 is 15.5 Å². The van der Waals surface area contributed by atoms with Crippen molar-refractivity contribution in [2.75, 3.05) is 18.0 Å². The number of aromatic nitrogens is 2. The third-order valence-electron chi connectivity index (χ3n) is 6.44. The van der Waals surface area contributed by atoms with Gasteiger partial charge in [0.05, 0.1) is 24.3 Å². The van der Waals surface area contributed by atoms with Crippen molar-refractivity contribution < 1.29 is 9.59 Å². The number of benzene rings is 2. The van der Waals surface area contributed by atoms with Gasteiger partial charge in [-0.05, 0) is 74.1 Å². The number of hydrogen-bond acceptors (Lipinski definition) is 3. The molecule has 0 radical (unpaired) electrons. The van der Waals surface area contributed by atoms with Crippen molar-refractivity contribution in [2.45, 2.75) is 45.6 Å². The molecule has 1 saturated heterocycles. The molecule has 1 aliphatic carbocycles. The molecule has 1 unspecified atom stereocenters. The number of carbonyl (C=O) groups excluding carboxylic acids is 2. The van der Waals surface area contributed by atoms with Gasteiger partial charge < -0.3 is 10.6 Å². The van der Waals surface area contributed by atoms with Gasteiger partial charge >= 0.3 is 6.03 Å². The van der Waals surface area contributed by atoms with Crippen LogP contribution in [-0.2, 0) is 17.6 Å². The summed E-state index contributed by atoms with van der Waals surface area (Å²) < 4.78 is 2.03. The zero-order valence-corrected chi connectivity index (χ0v) is 19.1. The first-order valence-electron chi connectivity index (χ1n) is 11.6. The fourth-order valence-electron chi connectivity index (χ4n) is 4.94. The molecule has 1 aliphatic heterocycles. The number of carbonyl (C=O) groups is 2. The van der Waals surface area contributed by atoms with Crippen LogP contribution in [0.2, 0.25) is 0 Å². The van der Waals surface area contributed by atoms with E-state index in [0.717, 1.165) is 41.8 Å². The van der Waals surface area contributed by atoms with Gasteiger partial charge in [-0.1, -0.05) is 18.2 Å². The third kappa shape index (κ3) is 4.35. The van der Waals surface area contributed by atoms with Crippen LogP contribution in [0, 0.1) is 13.8 Å². The highest BCUT2D eigenvalue weighted by atomic mass is 16.2. The highest BCUT2D eigenvalue weighted by molar-refractivity contribution is 5.94. The van der Waals surface area contributed by atoms with Gasteiger partial charge in [-0.2, -0.15) is 5.10 Å². The first-order valence-corrected chi connectivity index (χ1v) is 11.6. The van der Waals surface area contributed by atoms with Crippen LogP contribution in [0.25, 0.3) is 5.69 Å². The van der Waals surface area contributed by atoms with Crippen molar-refractivity contribution in [1.29, 1.82) is 0 Å². The molecule has 3 aromatic rings. The number of urea groups is 1. The van der Waals surface area contributed by atoms with E-state index in [1.807, 2.05) is 35.1 Å². The number of nitrogens with one attached hydrogen (secondary N) is 2. The van der Waals surface area contributed by atoms with Crippen LogP contribution in [0.5, 0.6) is 0 Å². The zero-order chi connectivity index (χ0) is 22.9. The maximum atomic E-state index is 12.8. The molecule has 2 aromatic carbocycles. The van der Waals surface area contributed by atoms with Gasteiger partial charge in [0, 0.05) is 30.0 Å². The van der Waals surface area contributed by atoms with E-state index in [1.54, 1.807) is 4.90 Å². The lowest BCUT2D eigenvalue weighted by Crippen LogP contribution is -2.32. The summed E-state index contributed by atoms with van der Waals surface area (Å²) in [7, 11) is 0. The van der Waals surface area contributed by atoms with Gasteiger partial charge in [0.2, 0.25) is 5.91 Å². The minimum Gasteiger partial charge on any atom is -0.349 e. The third-order valence-corrected chi connectivity index (χ3v) is 6.44. The monoisotopic (exact) mass is 443 g/mol. The zero-order valence-electron chi connectivity index (χ0n) is 19.1. The minimum atomic E-state index is -0.0741. The Morgan fingerprint density at radius 3 is 2.58 bits per heavy atom. The molecule has 0 saturated carbocycles. The predicted octanol–water partition coefficient (Wildman–Crippen LogP) is 3.76. The maximum Gasteiger partial charge on any atom is 0.321 e. The summed E-state index contributed by atoms with van der Waals surface area (Å²) in [5.41, 5.74) is 7.58. The van der Waals surface area contributed by atoms with Gasteiger partial charge in [-0.3, -0.25) is 9.69 Å². The maximum absolute atomic E-state index is 12.8. The number of aryl methyl sites for hydroxylation is 2. The Balaban J connectivity index is 1.27. The molecule has 2 heterocycles. The quantitative estimate of drug-likeness (QED) is 0.630. The molecule has 7 heteroatoms. The van der Waals surface area contributed by atoms with Crippen LogP contribution in [0.15, 0.2) is 48.7 Å². The van der Waals surface area contributed by atoms with E-state index in [4.69, 9.17) is 0 Å². The second-order valence-electron chi connectivity index (χ2n) is 9.04. The van der Waals surface area contributed by atoms with E-state index in [9.17, 15) is 9.59 Å². The van der Waals surface area contributed by atoms with Gasteiger partial charge in [0.25, 0.3) is 0 Å². The van der Waals surface area contributed by atoms with Crippen LogP contribution in [0.4, 0.5) is 10.5 Å². The van der Waals surface area contributed by atoms with E-state index in [0.29, 0.717) is 19.5 Å². The van der Waals surface area contributed by atoms with Crippen LogP contribution in [0.3, 0.4) is 0 Å². The largest absolute Gasteiger partial charge is 0.349 e. The Hall–Kier alpha value is -3.61. The molecule has 7 nitrogen and oxygen atoms in total. The Morgan fingerprint density at radius 1 is 1.12 bits per heavy atom.